The first-order valence-electron chi connectivity index (χ1n) is 21.1. The van der Waals surface area contributed by atoms with Gasteiger partial charge in [-0.3, -0.25) is 0 Å². The van der Waals surface area contributed by atoms with Gasteiger partial charge in [-0.1, -0.05) is 155 Å². The molecule has 2 nitrogen and oxygen atoms in total. The van der Waals surface area contributed by atoms with E-state index in [-0.39, 0.29) is 10.8 Å². The molecular weight excluding hydrogens is 715 g/mol. The third-order valence-corrected chi connectivity index (χ3v) is 14.1. The normalized spacial score (nSPS) is 16.1. The summed E-state index contributed by atoms with van der Waals surface area (Å²) in [5.74, 6) is 0. The van der Waals surface area contributed by atoms with Crippen LogP contribution in [0, 0.1) is 0 Å². The summed E-state index contributed by atoms with van der Waals surface area (Å²) in [6.45, 7) is 9.78. The minimum Gasteiger partial charge on any atom is -0.456 e. The third kappa shape index (κ3) is 4.69. The van der Waals surface area contributed by atoms with Crippen molar-refractivity contribution < 1.29 is 4.42 Å². The van der Waals surface area contributed by atoms with Crippen LogP contribution in [0.5, 0.6) is 0 Å². The Kier molecular flexibility index (Phi) is 7.11. The molecule has 0 amide bonds. The van der Waals surface area contributed by atoms with Gasteiger partial charge in [0.2, 0.25) is 0 Å². The molecule has 0 N–H and O–H groups in total. The molecule has 284 valence electrons. The molecule has 0 fully saturated rings. The molecule has 0 radical (unpaired) electrons. The van der Waals surface area contributed by atoms with Crippen molar-refractivity contribution in [2.45, 2.75) is 56.8 Å². The molecule has 0 atom stereocenters. The number of nitrogens with zero attached hydrogens (tertiary/aromatic N) is 1. The molecule has 3 aliphatic rings. The van der Waals surface area contributed by atoms with Gasteiger partial charge in [-0.05, 0) is 127 Å². The fourth-order valence-corrected chi connectivity index (χ4v) is 11.3. The first kappa shape index (κ1) is 34.4. The largest absolute Gasteiger partial charge is 0.456 e. The Morgan fingerprint density at radius 2 is 0.949 bits per heavy atom. The maximum absolute atomic E-state index is 6.60. The molecule has 9 aromatic rings. The minimum atomic E-state index is -0.477. The number of furan rings is 1. The summed E-state index contributed by atoms with van der Waals surface area (Å²) < 4.78 is 6.60. The van der Waals surface area contributed by atoms with Crippen LogP contribution < -0.4 is 4.90 Å². The van der Waals surface area contributed by atoms with E-state index in [0.29, 0.717) is 0 Å². The molecule has 0 bridgehead atoms. The zero-order valence-electron chi connectivity index (χ0n) is 34.0. The fraction of sp³-hybridized carbons (Fsp3) is 0.158. The van der Waals surface area contributed by atoms with Gasteiger partial charge in [0.05, 0.1) is 11.1 Å². The number of benzene rings is 8. The van der Waals surface area contributed by atoms with E-state index in [0.717, 1.165) is 51.8 Å². The second kappa shape index (κ2) is 12.2. The molecule has 1 heterocycles. The number of fused-ring (bicyclic) bond motifs is 14. The minimum absolute atomic E-state index is 0.00897. The zero-order chi connectivity index (χ0) is 39.7. The smallest absolute Gasteiger partial charge is 0.137 e. The van der Waals surface area contributed by atoms with Gasteiger partial charge >= 0.3 is 0 Å². The van der Waals surface area contributed by atoms with Crippen molar-refractivity contribution >= 4 is 39.0 Å². The predicted molar refractivity (Wildman–Crippen MR) is 245 cm³/mol. The Hall–Kier alpha value is -6.64. The monoisotopic (exact) mass is 759 g/mol. The molecule has 8 aromatic carbocycles. The summed E-state index contributed by atoms with van der Waals surface area (Å²) in [7, 11) is 0. The Labute approximate surface area is 346 Å². The van der Waals surface area contributed by atoms with E-state index in [4.69, 9.17) is 4.42 Å². The van der Waals surface area contributed by atoms with E-state index >= 15 is 0 Å². The molecule has 0 aliphatic heterocycles. The summed E-state index contributed by atoms with van der Waals surface area (Å²) in [6.07, 6.45) is 2.30. The first-order valence-corrected chi connectivity index (χ1v) is 21.1. The highest BCUT2D eigenvalue weighted by Gasteiger charge is 2.52. The summed E-state index contributed by atoms with van der Waals surface area (Å²) in [5.41, 5.74) is 20.8. The Morgan fingerprint density at radius 1 is 0.390 bits per heavy atom. The van der Waals surface area contributed by atoms with Gasteiger partial charge in [-0.25, -0.2) is 0 Å². The van der Waals surface area contributed by atoms with Crippen LogP contribution in [0.2, 0.25) is 0 Å². The molecule has 3 aliphatic carbocycles. The van der Waals surface area contributed by atoms with Crippen LogP contribution in [-0.2, 0) is 16.2 Å². The van der Waals surface area contributed by atoms with E-state index in [9.17, 15) is 0 Å². The van der Waals surface area contributed by atoms with Crippen LogP contribution in [-0.4, -0.2) is 0 Å². The van der Waals surface area contributed by atoms with E-state index < -0.39 is 5.41 Å². The van der Waals surface area contributed by atoms with Crippen LogP contribution in [0.15, 0.2) is 180 Å². The molecular formula is C57H45NO. The predicted octanol–water partition coefficient (Wildman–Crippen LogP) is 15.4. The van der Waals surface area contributed by atoms with Crippen LogP contribution in [0.25, 0.3) is 55.3 Å². The topological polar surface area (TPSA) is 16.4 Å². The van der Waals surface area contributed by atoms with Crippen LogP contribution in [0.1, 0.15) is 73.9 Å². The van der Waals surface area contributed by atoms with Crippen molar-refractivity contribution in [3.05, 3.63) is 209 Å². The highest BCUT2D eigenvalue weighted by Crippen LogP contribution is 2.64. The molecule has 1 spiro atoms. The molecule has 0 saturated heterocycles. The van der Waals surface area contributed by atoms with Gasteiger partial charge in [0.1, 0.15) is 11.2 Å². The lowest BCUT2D eigenvalue weighted by Gasteiger charge is -2.43. The quantitative estimate of drug-likeness (QED) is 0.178. The van der Waals surface area contributed by atoms with E-state index in [2.05, 4.69) is 209 Å². The van der Waals surface area contributed by atoms with Gasteiger partial charge in [0.15, 0.2) is 0 Å². The Morgan fingerprint density at radius 3 is 1.66 bits per heavy atom. The summed E-state index contributed by atoms with van der Waals surface area (Å²) in [5, 5.41) is 2.26. The SMILES string of the molecule is CC1(C)CCC(C)(C)c2c(-c3cc4c(cc3N(c3ccccc3)c3ccc5c(c3)oc3ccccc35)C3(c5ccccc5-c5ccccc53)c3ccccc3-4)cccc21. The van der Waals surface area contributed by atoms with Gasteiger partial charge in [-0.2, -0.15) is 0 Å². The number of hydrogen-bond acceptors (Lipinski definition) is 2. The van der Waals surface area contributed by atoms with E-state index in [1.165, 1.54) is 66.8 Å². The van der Waals surface area contributed by atoms with E-state index in [1.807, 2.05) is 0 Å². The fourth-order valence-electron chi connectivity index (χ4n) is 11.3. The average molecular weight is 760 g/mol. The molecule has 1 aromatic heterocycles. The maximum atomic E-state index is 6.60. The van der Waals surface area contributed by atoms with Crippen molar-refractivity contribution in [1.29, 1.82) is 0 Å². The number of para-hydroxylation sites is 2. The number of anilines is 3. The van der Waals surface area contributed by atoms with Gasteiger partial charge in [0.25, 0.3) is 0 Å². The molecule has 59 heavy (non-hydrogen) atoms. The number of hydrogen-bond donors (Lipinski definition) is 0. The van der Waals surface area contributed by atoms with Gasteiger partial charge in [0, 0.05) is 33.8 Å². The van der Waals surface area contributed by atoms with Crippen molar-refractivity contribution in [3.63, 3.8) is 0 Å². The summed E-state index contributed by atoms with van der Waals surface area (Å²) in [4.78, 5) is 2.49. The lowest BCUT2D eigenvalue weighted by Crippen LogP contribution is -2.34. The maximum Gasteiger partial charge on any atom is 0.137 e. The van der Waals surface area contributed by atoms with Crippen LogP contribution in [0.4, 0.5) is 17.1 Å². The van der Waals surface area contributed by atoms with Crippen molar-refractivity contribution in [1.82, 2.24) is 0 Å². The lowest BCUT2D eigenvalue weighted by molar-refractivity contribution is 0.333. The Bertz CT molecular complexity index is 3130. The summed E-state index contributed by atoms with van der Waals surface area (Å²) in [6, 6.07) is 65.7. The van der Waals surface area contributed by atoms with E-state index in [1.54, 1.807) is 0 Å². The summed E-state index contributed by atoms with van der Waals surface area (Å²) >= 11 is 0. The standard InChI is InChI=1S/C57H45NO/c1-55(2)31-32-56(3,4)54-43(23-16-27-49(54)55)45-34-44-40-21-10-14-26-48(40)57(46-24-12-8-19-38(46)39-20-9-13-25-47(39)57)50(44)35-51(45)58(36-17-6-5-7-18-36)37-29-30-42-41-22-11-15-28-52(41)59-53(42)33-37/h5-30,33-35H,31-32H2,1-4H3. The second-order valence-electron chi connectivity index (χ2n) is 18.2. The highest BCUT2D eigenvalue weighted by molar-refractivity contribution is 6.07. The molecule has 0 unspecified atom stereocenters. The second-order valence-corrected chi connectivity index (χ2v) is 18.2. The van der Waals surface area contributed by atoms with Crippen LogP contribution >= 0.6 is 0 Å². The molecule has 2 heteroatoms. The van der Waals surface area contributed by atoms with Crippen LogP contribution in [0.3, 0.4) is 0 Å². The molecule has 0 saturated carbocycles. The lowest BCUT2D eigenvalue weighted by atomic mass is 9.61. The van der Waals surface area contributed by atoms with Gasteiger partial charge in [-0.15, -0.1) is 0 Å². The Balaban J connectivity index is 1.23. The average Bonchev–Trinajstić information content (AvgIpc) is 3.89. The van der Waals surface area contributed by atoms with Gasteiger partial charge < -0.3 is 9.32 Å². The van der Waals surface area contributed by atoms with Crippen molar-refractivity contribution in [3.8, 4) is 33.4 Å². The van der Waals surface area contributed by atoms with Crippen molar-refractivity contribution in [2.24, 2.45) is 0 Å². The molecule has 12 rings (SSSR count). The third-order valence-electron chi connectivity index (χ3n) is 14.1. The zero-order valence-corrected chi connectivity index (χ0v) is 34.0. The highest BCUT2D eigenvalue weighted by atomic mass is 16.3. The first-order chi connectivity index (χ1) is 28.8. The van der Waals surface area contributed by atoms with Crippen molar-refractivity contribution in [2.75, 3.05) is 4.90 Å². The number of rotatable bonds is 4.